The number of aliphatic imine (C=N–C) groups is 1. The smallest absolute Gasteiger partial charge is 0.200 e. The van der Waals surface area contributed by atoms with Crippen LogP contribution < -0.4 is 0 Å². The third kappa shape index (κ3) is 6.42. The number of hydrogen-bond donors (Lipinski definition) is 2. The van der Waals surface area contributed by atoms with Gasteiger partial charge in [-0.3, -0.25) is 0 Å². The molecule has 0 saturated heterocycles. The zero-order chi connectivity index (χ0) is 40.9. The summed E-state index contributed by atoms with van der Waals surface area (Å²) in [4.78, 5) is 16.5. The number of halogens is 5. The van der Waals surface area contributed by atoms with Gasteiger partial charge >= 0.3 is 0 Å². The molecule has 0 amide bonds. The lowest BCUT2D eigenvalue weighted by molar-refractivity contribution is 0.361. The number of thioether (sulfide) groups is 1. The van der Waals surface area contributed by atoms with Gasteiger partial charge in [0.15, 0.2) is 23.3 Å². The molecule has 4 nitrogen and oxygen atoms in total. The Morgan fingerprint density at radius 3 is 1.22 bits per heavy atom. The minimum atomic E-state index is -2.23. The molecule has 2 aliphatic heterocycles. The van der Waals surface area contributed by atoms with E-state index in [9.17, 15) is 13.2 Å². The van der Waals surface area contributed by atoms with E-state index >= 15 is 8.78 Å². The van der Waals surface area contributed by atoms with E-state index < -0.39 is 34.0 Å². The van der Waals surface area contributed by atoms with Crippen molar-refractivity contribution in [3.8, 4) is 44.5 Å². The average molecular weight is 813 g/mol. The van der Waals surface area contributed by atoms with Gasteiger partial charge < -0.3 is 9.97 Å². The molecule has 60 heavy (non-hydrogen) atoms. The Hall–Kier alpha value is -7.30. The van der Waals surface area contributed by atoms with Crippen molar-refractivity contribution in [1.29, 1.82) is 0 Å². The second-order valence-electron chi connectivity index (χ2n) is 14.1. The molecule has 0 radical (unpaired) electrons. The van der Waals surface area contributed by atoms with E-state index in [1.54, 1.807) is 6.07 Å². The predicted molar refractivity (Wildman–Crippen MR) is 232 cm³/mol. The van der Waals surface area contributed by atoms with Gasteiger partial charge in [-0.25, -0.2) is 31.9 Å². The van der Waals surface area contributed by atoms with Gasteiger partial charge in [0.25, 0.3) is 0 Å². The molecule has 2 aliphatic rings. The molecule has 8 bridgehead atoms. The van der Waals surface area contributed by atoms with Crippen LogP contribution in [0.2, 0.25) is 0 Å². The third-order valence-electron chi connectivity index (χ3n) is 10.5. The number of nitrogens with one attached hydrogen (secondary N) is 2. The normalized spacial score (nSPS) is 12.2. The standard InChI is InChI=1S/C50H29F5N4S/c51-44-45(52)47(54)49(48(55)46(44)53)60-50-32-27-39(59-50)43(31-19-11-4-12-20-31)38-26-25-37(58-38)42(30-17-9-3-10-18-30)36-24-23-35(57-36)41(29-15-7-2-8-16-29)34-22-21-33(56-34)40(32)28-13-5-1-6-14-28/h1-27,56,58H. The van der Waals surface area contributed by atoms with Crippen LogP contribution in [-0.2, 0) is 0 Å². The minimum absolute atomic E-state index is 0.0264. The van der Waals surface area contributed by atoms with Gasteiger partial charge in [0.2, 0.25) is 5.82 Å². The minimum Gasteiger partial charge on any atom is -0.354 e. The first-order chi connectivity index (χ1) is 29.3. The average Bonchev–Trinajstić information content (AvgIpc) is 4.13. The summed E-state index contributed by atoms with van der Waals surface area (Å²) in [6.07, 6.45) is 4.01. The summed E-state index contributed by atoms with van der Waals surface area (Å²) in [5.74, 6) is -10.2. The van der Waals surface area contributed by atoms with Crippen LogP contribution in [0.5, 0.6) is 0 Å². The van der Waals surface area contributed by atoms with E-state index in [-0.39, 0.29) is 5.04 Å². The molecule has 0 fully saturated rings. The fourth-order valence-corrected chi connectivity index (χ4v) is 8.74. The second-order valence-corrected chi connectivity index (χ2v) is 15.1. The van der Waals surface area contributed by atoms with Crippen LogP contribution in [0.25, 0.3) is 78.7 Å². The highest BCUT2D eigenvalue weighted by molar-refractivity contribution is 8.14. The summed E-state index contributed by atoms with van der Waals surface area (Å²) in [5, 5.41) is 0.0264. The number of nitrogens with zero attached hydrogens (tertiary/aromatic N) is 2. The maximum atomic E-state index is 15.5. The molecule has 0 saturated carbocycles. The van der Waals surface area contributed by atoms with Crippen molar-refractivity contribution in [2.45, 2.75) is 4.90 Å². The molecule has 290 valence electrons. The molecule has 2 N–H and O–H groups in total. The van der Waals surface area contributed by atoms with E-state index in [1.165, 1.54) is 0 Å². The van der Waals surface area contributed by atoms with Gasteiger partial charge in [0.05, 0.1) is 22.0 Å². The molecule has 10 rings (SSSR count). The molecule has 3 aromatic heterocycles. The first-order valence-corrected chi connectivity index (χ1v) is 19.8. The van der Waals surface area contributed by atoms with Gasteiger partial charge in [-0.05, 0) is 64.7 Å². The molecule has 8 aromatic rings. The molecule has 0 spiro atoms. The zero-order valence-corrected chi connectivity index (χ0v) is 32.1. The van der Waals surface area contributed by atoms with Crippen molar-refractivity contribution < 1.29 is 22.0 Å². The summed E-state index contributed by atoms with van der Waals surface area (Å²) in [7, 11) is 0. The lowest BCUT2D eigenvalue weighted by atomic mass is 10.0. The Labute approximate surface area is 344 Å². The summed E-state index contributed by atoms with van der Waals surface area (Å²) in [5.41, 5.74) is 11.3. The second kappa shape index (κ2) is 15.1. The number of aromatic amines is 2. The Bertz CT molecular complexity index is 3190. The largest absolute Gasteiger partial charge is 0.354 e. The van der Waals surface area contributed by atoms with Gasteiger partial charge in [0.1, 0.15) is 5.04 Å². The first kappa shape index (κ1) is 37.0. The van der Waals surface area contributed by atoms with Crippen LogP contribution in [-0.4, -0.2) is 20.0 Å². The summed E-state index contributed by atoms with van der Waals surface area (Å²) in [6.45, 7) is 0. The third-order valence-corrected chi connectivity index (χ3v) is 11.5. The van der Waals surface area contributed by atoms with E-state index in [4.69, 9.17) is 9.98 Å². The van der Waals surface area contributed by atoms with E-state index in [0.29, 0.717) is 50.7 Å². The maximum absolute atomic E-state index is 15.5. The molecule has 5 aromatic carbocycles. The van der Waals surface area contributed by atoms with Crippen molar-refractivity contribution in [1.82, 2.24) is 15.0 Å². The van der Waals surface area contributed by atoms with Crippen LogP contribution >= 0.6 is 11.8 Å². The van der Waals surface area contributed by atoms with Crippen LogP contribution in [0.15, 0.2) is 162 Å². The lowest BCUT2D eigenvalue weighted by Crippen LogP contribution is -2.05. The Morgan fingerprint density at radius 2 is 0.767 bits per heavy atom. The molecule has 0 aliphatic carbocycles. The summed E-state index contributed by atoms with van der Waals surface area (Å²) < 4.78 is 74.9. The molecule has 0 unspecified atom stereocenters. The topological polar surface area (TPSA) is 56.8 Å². The van der Waals surface area contributed by atoms with Crippen LogP contribution in [0.4, 0.5) is 27.6 Å². The van der Waals surface area contributed by atoms with E-state index in [2.05, 4.69) is 9.97 Å². The van der Waals surface area contributed by atoms with Crippen molar-refractivity contribution in [3.05, 3.63) is 198 Å². The van der Waals surface area contributed by atoms with Crippen molar-refractivity contribution in [2.24, 2.45) is 4.99 Å². The maximum Gasteiger partial charge on any atom is 0.200 e. The van der Waals surface area contributed by atoms with Crippen LogP contribution in [0.3, 0.4) is 0 Å². The number of rotatable bonds is 5. The fraction of sp³-hybridized carbons (Fsp3) is 0. The van der Waals surface area contributed by atoms with E-state index in [1.807, 2.05) is 158 Å². The predicted octanol–water partition coefficient (Wildman–Crippen LogP) is 14.3. The SMILES string of the molecule is Fc1c(F)c(F)c(SC2=Nc3cc2c(-c2ccccc2)c2ccc([nH]2)c(-c2ccccc2)c2nc(c(-c4ccccc4)c4ccc([nH]4)c3-c3ccccc3)C=C2)c(F)c1F. The van der Waals surface area contributed by atoms with E-state index in [0.717, 1.165) is 50.2 Å². The Morgan fingerprint density at radius 1 is 0.400 bits per heavy atom. The fourth-order valence-electron chi connectivity index (χ4n) is 7.77. The van der Waals surface area contributed by atoms with Crippen molar-refractivity contribution in [3.63, 3.8) is 0 Å². The molecular weight excluding hydrogens is 784 g/mol. The number of aromatic nitrogens is 3. The van der Waals surface area contributed by atoms with Crippen LogP contribution in [0, 0.1) is 29.1 Å². The first-order valence-electron chi connectivity index (χ1n) is 18.9. The van der Waals surface area contributed by atoms with Crippen molar-refractivity contribution >= 4 is 56.7 Å². The number of H-pyrrole nitrogens is 2. The highest BCUT2D eigenvalue weighted by Gasteiger charge is 2.30. The monoisotopic (exact) mass is 812 g/mol. The van der Waals surface area contributed by atoms with Crippen LogP contribution in [0.1, 0.15) is 17.0 Å². The summed E-state index contributed by atoms with van der Waals surface area (Å²) in [6, 6.07) is 48.3. The highest BCUT2D eigenvalue weighted by Crippen LogP contribution is 2.45. The highest BCUT2D eigenvalue weighted by atomic mass is 32.2. The zero-order valence-electron chi connectivity index (χ0n) is 31.3. The van der Waals surface area contributed by atoms with Gasteiger partial charge in [-0.1, -0.05) is 133 Å². The molecule has 10 heteroatoms. The lowest BCUT2D eigenvalue weighted by Gasteiger charge is -2.11. The molecule has 0 atom stereocenters. The van der Waals surface area contributed by atoms with Gasteiger partial charge in [-0.2, -0.15) is 0 Å². The van der Waals surface area contributed by atoms with Crippen molar-refractivity contribution in [2.75, 3.05) is 0 Å². The summed E-state index contributed by atoms with van der Waals surface area (Å²) >= 11 is 0.386. The Balaban J connectivity index is 1.40. The molecular formula is C50H29F5N4S. The van der Waals surface area contributed by atoms with Gasteiger partial charge in [-0.15, -0.1) is 0 Å². The molecule has 5 heterocycles. The number of hydrogen-bond acceptors (Lipinski definition) is 3. The Kier molecular flexibility index (Phi) is 9.33. The quantitative estimate of drug-likeness (QED) is 0.103. The van der Waals surface area contributed by atoms with Gasteiger partial charge in [0, 0.05) is 49.9 Å². The number of fused-ring (bicyclic) bond motifs is 8. The number of benzene rings is 5.